The van der Waals surface area contributed by atoms with E-state index in [4.69, 9.17) is 5.10 Å². The third-order valence-electron chi connectivity index (χ3n) is 4.62. The molecular weight excluding hydrogens is 282 g/mol. The fourth-order valence-corrected chi connectivity index (χ4v) is 3.38. The molecular formula is C20H35N3. The summed E-state index contributed by atoms with van der Waals surface area (Å²) in [5.74, 6) is 0. The number of aromatic amines is 1. The molecule has 0 fully saturated rings. The monoisotopic (exact) mass is 317 g/mol. The molecule has 2 rings (SSSR count). The van der Waals surface area contributed by atoms with Gasteiger partial charge in [-0.3, -0.25) is 4.68 Å². The molecule has 2 aromatic rings. The van der Waals surface area contributed by atoms with Gasteiger partial charge in [-0.05, 0) is 12.8 Å². The lowest BCUT2D eigenvalue weighted by Gasteiger charge is -2.20. The van der Waals surface area contributed by atoms with Crippen LogP contribution in [0.2, 0.25) is 0 Å². The van der Waals surface area contributed by atoms with E-state index in [0.717, 1.165) is 6.42 Å². The summed E-state index contributed by atoms with van der Waals surface area (Å²) < 4.78 is 2.09. The first-order valence-corrected chi connectivity index (χ1v) is 9.16. The normalized spacial score (nSPS) is 13.2. The Morgan fingerprint density at radius 2 is 1.52 bits per heavy atom. The van der Waals surface area contributed by atoms with Gasteiger partial charge >= 0.3 is 0 Å². The number of hydrogen-bond acceptors (Lipinski definition) is 1. The molecule has 0 aliphatic rings. The summed E-state index contributed by atoms with van der Waals surface area (Å²) in [7, 11) is 2.09. The average molecular weight is 318 g/mol. The summed E-state index contributed by atoms with van der Waals surface area (Å²) in [6.07, 6.45) is 6.23. The molecule has 0 bridgehead atoms. The number of nitrogens with zero attached hydrogens (tertiary/aromatic N) is 2. The molecule has 3 nitrogen and oxygen atoms in total. The second kappa shape index (κ2) is 6.33. The van der Waals surface area contributed by atoms with Crippen molar-refractivity contribution < 1.29 is 0 Å². The lowest BCUT2D eigenvalue weighted by molar-refractivity contribution is 0.543. The van der Waals surface area contributed by atoms with Crippen molar-refractivity contribution in [3.63, 3.8) is 0 Å². The van der Waals surface area contributed by atoms with Crippen molar-refractivity contribution >= 4 is 10.9 Å². The van der Waals surface area contributed by atoms with Crippen molar-refractivity contribution in [3.05, 3.63) is 17.1 Å². The van der Waals surface area contributed by atoms with E-state index in [1.807, 2.05) is 0 Å². The van der Waals surface area contributed by atoms with E-state index in [0.29, 0.717) is 0 Å². The first kappa shape index (κ1) is 18.1. The molecule has 0 aliphatic carbocycles. The van der Waals surface area contributed by atoms with Crippen LogP contribution in [0.15, 0.2) is 0 Å². The number of hydrogen-bond donors (Lipinski definition) is 1. The molecule has 2 heterocycles. The third-order valence-corrected chi connectivity index (χ3v) is 4.62. The highest BCUT2D eigenvalue weighted by Gasteiger charge is 2.30. The van der Waals surface area contributed by atoms with Crippen LogP contribution in [0.1, 0.15) is 91.2 Å². The van der Waals surface area contributed by atoms with Gasteiger partial charge in [0, 0.05) is 34.7 Å². The van der Waals surface area contributed by atoms with Crippen molar-refractivity contribution in [1.82, 2.24) is 14.8 Å². The predicted molar refractivity (Wildman–Crippen MR) is 100 cm³/mol. The van der Waals surface area contributed by atoms with Gasteiger partial charge in [-0.2, -0.15) is 5.10 Å². The molecule has 0 saturated heterocycles. The van der Waals surface area contributed by atoms with E-state index in [1.165, 1.54) is 53.7 Å². The number of aromatic nitrogens is 3. The van der Waals surface area contributed by atoms with E-state index in [-0.39, 0.29) is 10.8 Å². The minimum Gasteiger partial charge on any atom is -0.359 e. The summed E-state index contributed by atoms with van der Waals surface area (Å²) in [6, 6.07) is 0. The maximum atomic E-state index is 4.89. The molecule has 3 heteroatoms. The fourth-order valence-electron chi connectivity index (χ4n) is 3.38. The van der Waals surface area contributed by atoms with Gasteiger partial charge in [-0.1, -0.05) is 67.7 Å². The maximum absolute atomic E-state index is 4.89. The minimum atomic E-state index is 0.0923. The molecule has 0 spiro atoms. The summed E-state index contributed by atoms with van der Waals surface area (Å²) in [4.78, 5) is 3.77. The molecule has 0 unspecified atom stereocenters. The fraction of sp³-hybridized carbons (Fsp3) is 0.750. The highest BCUT2D eigenvalue weighted by atomic mass is 15.3. The molecule has 0 amide bonds. The van der Waals surface area contributed by atoms with E-state index < -0.39 is 0 Å². The molecule has 1 N–H and O–H groups in total. The standard InChI is InChI=1S/C20H35N3/c1-9-10-11-12-13-14-15-16(23(8)22-14)18(20(5,6)7)21-17(15)19(2,3)4/h21H,9-13H2,1-8H3. The van der Waals surface area contributed by atoms with Crippen LogP contribution >= 0.6 is 0 Å². The smallest absolute Gasteiger partial charge is 0.0897 e. The van der Waals surface area contributed by atoms with Gasteiger partial charge in [-0.15, -0.1) is 0 Å². The Bertz CT molecular complexity index is 660. The molecule has 0 aliphatic heterocycles. The average Bonchev–Trinajstić information content (AvgIpc) is 2.93. The Morgan fingerprint density at radius 1 is 0.913 bits per heavy atom. The summed E-state index contributed by atoms with van der Waals surface area (Å²) in [5.41, 5.74) is 5.42. The quantitative estimate of drug-likeness (QED) is 0.713. The van der Waals surface area contributed by atoms with Crippen molar-refractivity contribution in [2.75, 3.05) is 0 Å². The minimum absolute atomic E-state index is 0.0923. The number of H-pyrrole nitrogens is 1. The predicted octanol–water partition coefficient (Wildman–Crippen LogP) is 5.62. The largest absolute Gasteiger partial charge is 0.359 e. The molecule has 23 heavy (non-hydrogen) atoms. The van der Waals surface area contributed by atoms with E-state index in [1.54, 1.807) is 0 Å². The van der Waals surface area contributed by atoms with Gasteiger partial charge in [0.1, 0.15) is 0 Å². The first-order chi connectivity index (χ1) is 10.6. The Labute approximate surface area is 141 Å². The highest BCUT2D eigenvalue weighted by molar-refractivity contribution is 5.89. The number of aryl methyl sites for hydroxylation is 2. The Morgan fingerprint density at radius 3 is 2.04 bits per heavy atom. The van der Waals surface area contributed by atoms with Crippen molar-refractivity contribution in [2.45, 2.75) is 91.4 Å². The van der Waals surface area contributed by atoms with Gasteiger partial charge in [0.25, 0.3) is 0 Å². The zero-order valence-electron chi connectivity index (χ0n) is 16.4. The summed E-state index contributed by atoms with van der Waals surface area (Å²) >= 11 is 0. The Hall–Kier alpha value is -1.25. The number of rotatable bonds is 5. The third kappa shape index (κ3) is 3.64. The van der Waals surface area contributed by atoms with Gasteiger partial charge < -0.3 is 4.98 Å². The van der Waals surface area contributed by atoms with Crippen LogP contribution in [-0.4, -0.2) is 14.8 Å². The van der Waals surface area contributed by atoms with Crippen molar-refractivity contribution in [2.24, 2.45) is 7.05 Å². The maximum Gasteiger partial charge on any atom is 0.0897 e. The summed E-state index contributed by atoms with van der Waals surface area (Å²) in [6.45, 7) is 16.0. The van der Waals surface area contributed by atoms with Crippen LogP contribution in [0.4, 0.5) is 0 Å². The molecule has 2 aromatic heterocycles. The molecule has 130 valence electrons. The van der Waals surface area contributed by atoms with Crippen LogP contribution in [0.25, 0.3) is 10.9 Å². The highest BCUT2D eigenvalue weighted by Crippen LogP contribution is 2.38. The summed E-state index contributed by atoms with van der Waals surface area (Å²) in [5, 5.41) is 6.27. The van der Waals surface area contributed by atoms with Crippen molar-refractivity contribution in [1.29, 1.82) is 0 Å². The van der Waals surface area contributed by atoms with Crippen LogP contribution < -0.4 is 0 Å². The molecule has 0 atom stereocenters. The van der Waals surface area contributed by atoms with Crippen LogP contribution in [0.3, 0.4) is 0 Å². The van der Waals surface area contributed by atoms with Gasteiger partial charge in [0.2, 0.25) is 0 Å². The Balaban J connectivity index is 2.55. The van der Waals surface area contributed by atoms with Crippen LogP contribution in [0, 0.1) is 0 Å². The number of nitrogens with one attached hydrogen (secondary N) is 1. The van der Waals surface area contributed by atoms with Crippen LogP contribution in [0.5, 0.6) is 0 Å². The SMILES string of the molecule is CCCCCCc1nn(C)c2c(C(C)(C)C)[nH]c(C(C)(C)C)c12. The topological polar surface area (TPSA) is 33.6 Å². The molecule has 0 saturated carbocycles. The number of fused-ring (bicyclic) bond motifs is 1. The van der Waals surface area contributed by atoms with E-state index in [2.05, 4.69) is 65.2 Å². The zero-order chi connectivity index (χ0) is 17.4. The number of unbranched alkanes of at least 4 members (excludes halogenated alkanes) is 3. The zero-order valence-corrected chi connectivity index (χ0v) is 16.4. The van der Waals surface area contributed by atoms with Crippen molar-refractivity contribution in [3.8, 4) is 0 Å². The Kier molecular flexibility index (Phi) is 4.98. The molecule has 0 aromatic carbocycles. The second-order valence-electron chi connectivity index (χ2n) is 8.98. The first-order valence-electron chi connectivity index (χ1n) is 9.16. The van der Waals surface area contributed by atoms with E-state index in [9.17, 15) is 0 Å². The van der Waals surface area contributed by atoms with Gasteiger partial charge in [-0.25, -0.2) is 0 Å². The molecule has 0 radical (unpaired) electrons. The van der Waals surface area contributed by atoms with Crippen LogP contribution in [-0.2, 0) is 24.3 Å². The lowest BCUT2D eigenvalue weighted by Crippen LogP contribution is -2.16. The van der Waals surface area contributed by atoms with Gasteiger partial charge in [0.05, 0.1) is 11.2 Å². The van der Waals surface area contributed by atoms with E-state index >= 15 is 0 Å². The van der Waals surface area contributed by atoms with Gasteiger partial charge in [0.15, 0.2) is 0 Å². The lowest BCUT2D eigenvalue weighted by atomic mass is 9.89. The second-order valence-corrected chi connectivity index (χ2v) is 8.98.